The molecule has 1 radical (unpaired) electrons. The molecule has 0 saturated heterocycles. The van der Waals surface area contributed by atoms with Crippen LogP contribution in [0.5, 0.6) is 0 Å². The molecule has 0 aromatic rings. The molecule has 0 amide bonds. The summed E-state index contributed by atoms with van der Waals surface area (Å²) >= 11 is 0. The minimum absolute atomic E-state index is 0. The molecule has 0 aliphatic rings. The van der Waals surface area contributed by atoms with Gasteiger partial charge in [-0.05, 0) is 25.7 Å². The average Bonchev–Trinajstić information content (AvgIpc) is 2.65. The fourth-order valence-corrected chi connectivity index (χ4v) is 3.16. The van der Waals surface area contributed by atoms with Gasteiger partial charge in [0.1, 0.15) is 0 Å². The largest absolute Gasteiger partial charge is 2.00 e. The van der Waals surface area contributed by atoms with Crippen molar-refractivity contribution in [2.45, 2.75) is 142 Å². The summed E-state index contributed by atoms with van der Waals surface area (Å²) in [5.74, 6) is -1.82. The number of carboxylic acids is 2. The summed E-state index contributed by atoms with van der Waals surface area (Å²) in [5.41, 5.74) is 0. The van der Waals surface area contributed by atoms with Crippen molar-refractivity contribution in [3.05, 3.63) is 0 Å². The molecule has 5 heteroatoms. The van der Waals surface area contributed by atoms with E-state index in [0.29, 0.717) is 0 Å². The van der Waals surface area contributed by atoms with Gasteiger partial charge in [-0.3, -0.25) is 0 Å². The number of aliphatic carboxylic acids is 2. The molecule has 0 N–H and O–H groups in total. The molecule has 173 valence electrons. The molecule has 29 heavy (non-hydrogen) atoms. The van der Waals surface area contributed by atoms with Crippen LogP contribution in [0.25, 0.3) is 0 Å². The molecule has 0 aromatic carbocycles. The third-order valence-corrected chi connectivity index (χ3v) is 4.97. The number of carbonyl (C=O) groups is 2. The molecule has 0 rings (SSSR count). The van der Waals surface area contributed by atoms with Crippen LogP contribution in [-0.2, 0) is 26.7 Å². The van der Waals surface area contributed by atoms with Gasteiger partial charge in [-0.1, -0.05) is 117 Å². The van der Waals surface area contributed by atoms with E-state index in [2.05, 4.69) is 13.8 Å². The topological polar surface area (TPSA) is 80.3 Å². The van der Waals surface area contributed by atoms with Gasteiger partial charge in [0.2, 0.25) is 0 Å². The van der Waals surface area contributed by atoms with Crippen LogP contribution in [0.15, 0.2) is 0 Å². The van der Waals surface area contributed by atoms with Gasteiger partial charge in [0, 0.05) is 11.9 Å². The molecule has 0 spiro atoms. The van der Waals surface area contributed by atoms with Crippen LogP contribution < -0.4 is 10.2 Å². The van der Waals surface area contributed by atoms with E-state index in [1.165, 1.54) is 89.9 Å². The first-order valence-electron chi connectivity index (χ1n) is 11.9. The van der Waals surface area contributed by atoms with Crippen molar-refractivity contribution in [2.75, 3.05) is 0 Å². The van der Waals surface area contributed by atoms with Gasteiger partial charge in [0.15, 0.2) is 0 Å². The van der Waals surface area contributed by atoms with E-state index in [1.54, 1.807) is 0 Å². The van der Waals surface area contributed by atoms with E-state index in [-0.39, 0.29) is 29.9 Å². The van der Waals surface area contributed by atoms with Crippen molar-refractivity contribution in [3.63, 3.8) is 0 Å². The van der Waals surface area contributed by atoms with Gasteiger partial charge in [-0.25, -0.2) is 0 Å². The molecule has 0 unspecified atom stereocenters. The number of carboxylic acid groups (broad SMARTS) is 2. The predicted molar refractivity (Wildman–Crippen MR) is 114 cm³/mol. The Morgan fingerprint density at radius 2 is 0.655 bits per heavy atom. The Hall–Kier alpha value is -0.541. The molecule has 0 aliphatic heterocycles. The van der Waals surface area contributed by atoms with Crippen LogP contribution in [0.3, 0.4) is 0 Å². The summed E-state index contributed by atoms with van der Waals surface area (Å²) in [4.78, 5) is 20.2. The van der Waals surface area contributed by atoms with Crippen molar-refractivity contribution in [3.8, 4) is 0 Å². The minimum atomic E-state index is -0.909. The van der Waals surface area contributed by atoms with E-state index >= 15 is 0 Å². The van der Waals surface area contributed by atoms with Crippen LogP contribution in [0.1, 0.15) is 142 Å². The Bertz CT molecular complexity index is 303. The van der Waals surface area contributed by atoms with E-state index in [4.69, 9.17) is 0 Å². The maximum absolute atomic E-state index is 10.1. The van der Waals surface area contributed by atoms with E-state index in [9.17, 15) is 19.8 Å². The van der Waals surface area contributed by atoms with Crippen molar-refractivity contribution < 1.29 is 36.9 Å². The molecule has 0 heterocycles. The maximum Gasteiger partial charge on any atom is 2.00 e. The smallest absolute Gasteiger partial charge is 0.550 e. The van der Waals surface area contributed by atoms with Gasteiger partial charge >= 0.3 is 17.1 Å². The molecule has 0 saturated carbocycles. The molecule has 0 atom stereocenters. The second-order valence-electron chi connectivity index (χ2n) is 7.90. The van der Waals surface area contributed by atoms with Crippen LogP contribution in [-0.4, -0.2) is 11.9 Å². The third kappa shape index (κ3) is 38.7. The number of carbonyl (C=O) groups excluding carboxylic acids is 2. The molecule has 0 bridgehead atoms. The maximum atomic E-state index is 10.1. The van der Waals surface area contributed by atoms with Crippen LogP contribution >= 0.6 is 0 Å². The number of hydrogen-bond acceptors (Lipinski definition) is 4. The first-order chi connectivity index (χ1) is 13.5. The third-order valence-electron chi connectivity index (χ3n) is 4.97. The normalized spacial score (nSPS) is 10.0. The summed E-state index contributed by atoms with van der Waals surface area (Å²) in [6.07, 6.45) is 22.3. The SMILES string of the molecule is CCCCCCCCCCCC(=O)[O-].CCCCCCCCCCCC(=O)[O-].[Mn+2]. The Morgan fingerprint density at radius 3 is 0.862 bits per heavy atom. The van der Waals surface area contributed by atoms with Gasteiger partial charge < -0.3 is 19.8 Å². The Morgan fingerprint density at radius 1 is 0.448 bits per heavy atom. The quantitative estimate of drug-likeness (QED) is 0.185. The second-order valence-corrected chi connectivity index (χ2v) is 7.90. The van der Waals surface area contributed by atoms with Gasteiger partial charge in [-0.2, -0.15) is 0 Å². The molecular formula is C24H46MnO4. The molecular weight excluding hydrogens is 407 g/mol. The fourth-order valence-electron chi connectivity index (χ4n) is 3.16. The summed E-state index contributed by atoms with van der Waals surface area (Å²) in [6, 6.07) is 0. The van der Waals surface area contributed by atoms with Crippen LogP contribution in [0.4, 0.5) is 0 Å². The molecule has 0 fully saturated rings. The monoisotopic (exact) mass is 453 g/mol. The van der Waals surface area contributed by atoms with Gasteiger partial charge in [-0.15, -0.1) is 0 Å². The molecule has 0 aliphatic carbocycles. The summed E-state index contributed by atoms with van der Waals surface area (Å²) < 4.78 is 0. The average molecular weight is 454 g/mol. The first-order valence-corrected chi connectivity index (χ1v) is 11.9. The Balaban J connectivity index is -0.000000451. The minimum Gasteiger partial charge on any atom is -0.550 e. The number of rotatable bonds is 20. The summed E-state index contributed by atoms with van der Waals surface area (Å²) in [5, 5.41) is 20.2. The molecule has 0 aromatic heterocycles. The summed E-state index contributed by atoms with van der Waals surface area (Å²) in [6.45, 7) is 4.44. The van der Waals surface area contributed by atoms with Crippen molar-refractivity contribution >= 4 is 11.9 Å². The standard InChI is InChI=1S/2C12H24O2.Mn/c2*1-2-3-4-5-6-7-8-9-10-11-12(13)14;/h2*2-11H2,1H3,(H,13,14);/q;;+2/p-2. The summed E-state index contributed by atoms with van der Waals surface area (Å²) in [7, 11) is 0. The predicted octanol–water partition coefficient (Wildman–Crippen LogP) is 5.31. The zero-order valence-electron chi connectivity index (χ0n) is 19.2. The number of hydrogen-bond donors (Lipinski definition) is 0. The van der Waals surface area contributed by atoms with Crippen LogP contribution in [0, 0.1) is 0 Å². The zero-order valence-corrected chi connectivity index (χ0v) is 20.3. The van der Waals surface area contributed by atoms with Gasteiger partial charge in [0.05, 0.1) is 0 Å². The Labute approximate surface area is 191 Å². The molecule has 4 nitrogen and oxygen atoms in total. The zero-order chi connectivity index (χ0) is 21.3. The number of unbranched alkanes of at least 4 members (excludes halogenated alkanes) is 16. The second kappa shape index (κ2) is 29.7. The van der Waals surface area contributed by atoms with Gasteiger partial charge in [0.25, 0.3) is 0 Å². The van der Waals surface area contributed by atoms with Crippen molar-refractivity contribution in [1.82, 2.24) is 0 Å². The van der Waals surface area contributed by atoms with Crippen molar-refractivity contribution in [1.29, 1.82) is 0 Å². The van der Waals surface area contributed by atoms with Crippen molar-refractivity contribution in [2.24, 2.45) is 0 Å². The fraction of sp³-hybridized carbons (Fsp3) is 0.917. The van der Waals surface area contributed by atoms with E-state index in [0.717, 1.165) is 25.7 Å². The first kappa shape index (κ1) is 33.1. The Kier molecular flexibility index (Phi) is 33.9. The van der Waals surface area contributed by atoms with E-state index in [1.807, 2.05) is 0 Å². The van der Waals surface area contributed by atoms with Crippen LogP contribution in [0.2, 0.25) is 0 Å². The van der Waals surface area contributed by atoms with E-state index < -0.39 is 11.9 Å².